The second-order valence-corrected chi connectivity index (χ2v) is 7.73. The van der Waals surface area contributed by atoms with Crippen molar-refractivity contribution >= 4 is 38.7 Å². The largest absolute Gasteiger partial charge is 0.444 e. The number of anilines is 1. The Hall–Kier alpha value is -2.15. The van der Waals surface area contributed by atoms with E-state index >= 15 is 0 Å². The number of benzene rings is 1. The van der Waals surface area contributed by atoms with Crippen molar-refractivity contribution in [2.45, 2.75) is 46.3 Å². The molecule has 1 heterocycles. The molecule has 0 aliphatic heterocycles. The van der Waals surface area contributed by atoms with Gasteiger partial charge in [0.1, 0.15) is 5.60 Å². The average molecular weight is 349 g/mol. The lowest BCUT2D eigenvalue weighted by atomic mass is 10.0. The van der Waals surface area contributed by atoms with Gasteiger partial charge in [0.05, 0.1) is 16.1 Å². The van der Waals surface area contributed by atoms with Crippen LogP contribution < -0.4 is 10.6 Å². The molecule has 0 radical (unpaired) electrons. The number of para-hydroxylation sites is 1. The highest BCUT2D eigenvalue weighted by atomic mass is 32.1. The molecule has 2 atom stereocenters. The minimum absolute atomic E-state index is 0.197. The number of fused-ring (bicyclic) bond motifs is 1. The number of hydrogen-bond acceptors (Lipinski definition) is 5. The molecule has 0 aliphatic rings. The molecule has 2 N–H and O–H groups in total. The number of nitrogens with zero attached hydrogens (tertiary/aromatic N) is 1. The molecule has 1 aromatic carbocycles. The Balaban J connectivity index is 1.94. The third-order valence-corrected chi connectivity index (χ3v) is 4.38. The molecule has 0 unspecified atom stereocenters. The van der Waals surface area contributed by atoms with E-state index in [4.69, 9.17) is 4.74 Å². The third-order valence-electron chi connectivity index (χ3n) is 3.43. The van der Waals surface area contributed by atoms with Crippen molar-refractivity contribution in [1.29, 1.82) is 0 Å². The first-order chi connectivity index (χ1) is 11.2. The molecule has 0 saturated heterocycles. The summed E-state index contributed by atoms with van der Waals surface area (Å²) >= 11 is 1.42. The molecule has 0 saturated carbocycles. The molecule has 0 fully saturated rings. The molecule has 0 bridgehead atoms. The maximum atomic E-state index is 12.4. The van der Waals surface area contributed by atoms with Gasteiger partial charge in [0.15, 0.2) is 5.13 Å². The van der Waals surface area contributed by atoms with Crippen LogP contribution in [-0.4, -0.2) is 28.6 Å². The minimum atomic E-state index is -0.573. The number of aromatic nitrogens is 1. The fraction of sp³-hybridized carbons (Fsp3) is 0.471. The zero-order chi connectivity index (χ0) is 17.9. The summed E-state index contributed by atoms with van der Waals surface area (Å²) in [4.78, 5) is 28.5. The van der Waals surface area contributed by atoms with Gasteiger partial charge in [-0.25, -0.2) is 9.78 Å². The van der Waals surface area contributed by atoms with E-state index in [1.54, 1.807) is 34.6 Å². The van der Waals surface area contributed by atoms with Crippen LogP contribution >= 0.6 is 11.3 Å². The molecule has 0 aliphatic carbocycles. The Labute approximate surface area is 145 Å². The van der Waals surface area contributed by atoms with Crippen molar-refractivity contribution in [3.8, 4) is 0 Å². The van der Waals surface area contributed by atoms with E-state index in [0.29, 0.717) is 5.13 Å². The van der Waals surface area contributed by atoms with Crippen molar-refractivity contribution < 1.29 is 14.3 Å². The maximum absolute atomic E-state index is 12.4. The van der Waals surface area contributed by atoms with Crippen molar-refractivity contribution in [3.05, 3.63) is 24.3 Å². The van der Waals surface area contributed by atoms with Crippen molar-refractivity contribution in [3.63, 3.8) is 0 Å². The number of carbonyl (C=O) groups is 2. The fourth-order valence-corrected chi connectivity index (χ4v) is 2.86. The Morgan fingerprint density at radius 1 is 1.21 bits per heavy atom. The molecule has 7 heteroatoms. The molecule has 6 nitrogen and oxygen atoms in total. The highest BCUT2D eigenvalue weighted by molar-refractivity contribution is 7.22. The number of nitrogens with one attached hydrogen (secondary N) is 2. The molecular weight excluding hydrogens is 326 g/mol. The molecule has 130 valence electrons. The van der Waals surface area contributed by atoms with Gasteiger partial charge < -0.3 is 15.4 Å². The Morgan fingerprint density at radius 2 is 1.88 bits per heavy atom. The fourth-order valence-electron chi connectivity index (χ4n) is 1.99. The Bertz CT molecular complexity index is 703. The van der Waals surface area contributed by atoms with Crippen molar-refractivity contribution in [1.82, 2.24) is 10.3 Å². The predicted octanol–water partition coefficient (Wildman–Crippen LogP) is 3.78. The lowest BCUT2D eigenvalue weighted by Crippen LogP contribution is -2.44. The lowest BCUT2D eigenvalue weighted by molar-refractivity contribution is -0.120. The minimum Gasteiger partial charge on any atom is -0.444 e. The second-order valence-electron chi connectivity index (χ2n) is 6.70. The van der Waals surface area contributed by atoms with Crippen molar-refractivity contribution in [2.24, 2.45) is 5.92 Å². The number of alkyl carbamates (subject to hydrolysis) is 1. The zero-order valence-corrected chi connectivity index (χ0v) is 15.4. The lowest BCUT2D eigenvalue weighted by Gasteiger charge is -2.24. The summed E-state index contributed by atoms with van der Waals surface area (Å²) in [5, 5.41) is 6.05. The van der Waals surface area contributed by atoms with Gasteiger partial charge in [0.25, 0.3) is 0 Å². The summed E-state index contributed by atoms with van der Waals surface area (Å²) in [6.07, 6.45) is -0.533. The van der Waals surface area contributed by atoms with Gasteiger partial charge in [-0.3, -0.25) is 4.79 Å². The number of hydrogen-bond donors (Lipinski definition) is 2. The van der Waals surface area contributed by atoms with Crippen LogP contribution in [-0.2, 0) is 9.53 Å². The molecule has 1 aromatic heterocycles. The SMILES string of the molecule is C[C@H](C(=O)Nc1nc2ccccc2s1)[C@@H](C)NC(=O)OC(C)(C)C. The first-order valence-electron chi connectivity index (χ1n) is 7.81. The van der Waals surface area contributed by atoms with E-state index in [0.717, 1.165) is 10.2 Å². The van der Waals surface area contributed by atoms with E-state index in [9.17, 15) is 9.59 Å². The Morgan fingerprint density at radius 3 is 2.50 bits per heavy atom. The molecule has 2 rings (SSSR count). The smallest absolute Gasteiger partial charge is 0.407 e. The Kier molecular flexibility index (Phi) is 5.43. The van der Waals surface area contributed by atoms with Gasteiger partial charge in [-0.05, 0) is 39.8 Å². The van der Waals surface area contributed by atoms with E-state index in [-0.39, 0.29) is 11.9 Å². The summed E-state index contributed by atoms with van der Waals surface area (Å²) in [5.41, 5.74) is 0.279. The van der Waals surface area contributed by atoms with Crippen LogP contribution in [0.15, 0.2) is 24.3 Å². The quantitative estimate of drug-likeness (QED) is 0.880. The third kappa shape index (κ3) is 4.92. The van der Waals surface area contributed by atoms with Crippen LogP contribution in [0.1, 0.15) is 34.6 Å². The van der Waals surface area contributed by atoms with E-state index in [2.05, 4.69) is 15.6 Å². The number of thiazole rings is 1. The topological polar surface area (TPSA) is 80.3 Å². The average Bonchev–Trinajstić information content (AvgIpc) is 2.86. The zero-order valence-electron chi connectivity index (χ0n) is 14.5. The first-order valence-corrected chi connectivity index (χ1v) is 8.63. The normalized spacial score (nSPS) is 14.0. The molecule has 24 heavy (non-hydrogen) atoms. The second kappa shape index (κ2) is 7.17. The molecular formula is C17H23N3O3S. The summed E-state index contributed by atoms with van der Waals surface area (Å²) in [5.74, 6) is -0.623. The molecule has 2 amide bonds. The summed E-state index contributed by atoms with van der Waals surface area (Å²) in [7, 11) is 0. The maximum Gasteiger partial charge on any atom is 0.407 e. The monoisotopic (exact) mass is 349 g/mol. The van der Waals surface area contributed by atoms with Gasteiger partial charge in [0, 0.05) is 6.04 Å². The summed E-state index contributed by atoms with van der Waals surface area (Å²) in [6.45, 7) is 8.90. The van der Waals surface area contributed by atoms with Gasteiger partial charge in [0.2, 0.25) is 5.91 Å². The van der Waals surface area contributed by atoms with Gasteiger partial charge >= 0.3 is 6.09 Å². The standard InChI is InChI=1S/C17H23N3O3S/c1-10(11(2)18-16(22)23-17(3,4)5)14(21)20-15-19-12-8-6-7-9-13(12)24-15/h6-11H,1-5H3,(H,18,22)(H,19,20,21)/t10-,11+/m0/s1. The van der Waals surface area contributed by atoms with Gasteiger partial charge in [-0.15, -0.1) is 0 Å². The number of ether oxygens (including phenoxy) is 1. The highest BCUT2D eigenvalue weighted by Crippen LogP contribution is 2.25. The predicted molar refractivity (Wildman–Crippen MR) is 96.2 cm³/mol. The first kappa shape index (κ1) is 18.2. The van der Waals surface area contributed by atoms with Crippen LogP contribution in [0.5, 0.6) is 0 Å². The van der Waals surface area contributed by atoms with Crippen LogP contribution in [0.4, 0.5) is 9.93 Å². The van der Waals surface area contributed by atoms with E-state index in [1.165, 1.54) is 11.3 Å². The van der Waals surface area contributed by atoms with E-state index < -0.39 is 17.6 Å². The molecule has 2 aromatic rings. The number of amides is 2. The van der Waals surface area contributed by atoms with Gasteiger partial charge in [-0.1, -0.05) is 30.4 Å². The summed E-state index contributed by atoms with van der Waals surface area (Å²) < 4.78 is 6.22. The van der Waals surface area contributed by atoms with Crippen LogP contribution in [0.2, 0.25) is 0 Å². The number of carbonyl (C=O) groups excluding carboxylic acids is 2. The van der Waals surface area contributed by atoms with E-state index in [1.807, 2.05) is 24.3 Å². The number of rotatable bonds is 4. The van der Waals surface area contributed by atoms with Crippen LogP contribution in [0.3, 0.4) is 0 Å². The van der Waals surface area contributed by atoms with Crippen molar-refractivity contribution in [2.75, 3.05) is 5.32 Å². The highest BCUT2D eigenvalue weighted by Gasteiger charge is 2.25. The van der Waals surface area contributed by atoms with Crippen LogP contribution in [0.25, 0.3) is 10.2 Å². The summed E-state index contributed by atoms with van der Waals surface area (Å²) in [6, 6.07) is 7.33. The molecule has 0 spiro atoms. The van der Waals surface area contributed by atoms with Crippen LogP contribution in [0, 0.1) is 5.92 Å². The van der Waals surface area contributed by atoms with Gasteiger partial charge in [-0.2, -0.15) is 0 Å².